The van der Waals surface area contributed by atoms with Crippen LogP contribution in [0, 0.1) is 5.92 Å². The van der Waals surface area contributed by atoms with Gasteiger partial charge in [0.05, 0.1) is 18.8 Å². The van der Waals surface area contributed by atoms with Gasteiger partial charge in [-0.1, -0.05) is 25.0 Å². The first kappa shape index (κ1) is 22.7. The number of nitrogens with two attached hydrogens (primary N) is 1. The van der Waals surface area contributed by atoms with Crippen molar-refractivity contribution >= 4 is 17.8 Å². The molecule has 0 bridgehead atoms. The molecule has 2 aliphatic heterocycles. The summed E-state index contributed by atoms with van der Waals surface area (Å²) in [5, 5.41) is 2.94. The second-order valence-electron chi connectivity index (χ2n) is 8.48. The molecule has 2 heterocycles. The molecule has 0 aromatic rings. The van der Waals surface area contributed by atoms with Crippen LogP contribution in [0.2, 0.25) is 0 Å². The van der Waals surface area contributed by atoms with E-state index >= 15 is 0 Å². The van der Waals surface area contributed by atoms with Crippen LogP contribution < -0.4 is 11.1 Å². The molecule has 30 heavy (non-hydrogen) atoms. The summed E-state index contributed by atoms with van der Waals surface area (Å²) in [5.41, 5.74) is 5.14. The number of carbonyl (C=O) groups is 3. The molecular weight excluding hydrogens is 386 g/mol. The van der Waals surface area contributed by atoms with Crippen LogP contribution >= 0.6 is 0 Å². The number of esters is 1. The molecule has 0 aromatic carbocycles. The Kier molecular flexibility index (Phi) is 7.52. The standard InChI is InChI=1S/C22H35N3O5/c1-3-29-16-12-18-19(26)24-22(21(28)30-4-2)13-15(22)10-8-6-5-7-9-11-17(23)20(27)25(18)14-16/h8,10,15-18H,3-7,9,11-14,23H2,1-2H3,(H,24,26)/b10-8-/t15?,16-,17+,18+,22-/m1/s1. The molecular formula is C22H35N3O5. The predicted molar refractivity (Wildman–Crippen MR) is 111 cm³/mol. The minimum absolute atomic E-state index is 0.0823. The third-order valence-corrected chi connectivity index (χ3v) is 6.32. The van der Waals surface area contributed by atoms with Gasteiger partial charge in [0.25, 0.3) is 0 Å². The van der Waals surface area contributed by atoms with Gasteiger partial charge in [0.1, 0.15) is 11.6 Å². The normalized spacial score (nSPS) is 36.0. The average molecular weight is 422 g/mol. The maximum absolute atomic E-state index is 13.3. The third kappa shape index (κ3) is 4.86. The van der Waals surface area contributed by atoms with E-state index in [0.29, 0.717) is 32.4 Å². The van der Waals surface area contributed by atoms with Gasteiger partial charge in [0.15, 0.2) is 0 Å². The zero-order valence-corrected chi connectivity index (χ0v) is 18.1. The van der Waals surface area contributed by atoms with Gasteiger partial charge in [-0.05, 0) is 39.5 Å². The number of allylic oxidation sites excluding steroid dienone is 1. The maximum Gasteiger partial charge on any atom is 0.332 e. The number of hydrogen-bond acceptors (Lipinski definition) is 6. The molecule has 8 heteroatoms. The minimum atomic E-state index is -1.04. The van der Waals surface area contributed by atoms with Crippen LogP contribution in [0.3, 0.4) is 0 Å². The Morgan fingerprint density at radius 1 is 1.27 bits per heavy atom. The van der Waals surface area contributed by atoms with Crippen molar-refractivity contribution in [2.24, 2.45) is 11.7 Å². The van der Waals surface area contributed by atoms with Crippen LogP contribution in [-0.2, 0) is 23.9 Å². The Labute approximate surface area is 178 Å². The Balaban J connectivity index is 1.84. The van der Waals surface area contributed by atoms with Crippen LogP contribution in [0.1, 0.15) is 58.8 Å². The van der Waals surface area contributed by atoms with Crippen molar-refractivity contribution in [2.75, 3.05) is 19.8 Å². The van der Waals surface area contributed by atoms with E-state index < -0.39 is 23.6 Å². The van der Waals surface area contributed by atoms with E-state index in [1.807, 2.05) is 13.0 Å². The Morgan fingerprint density at radius 2 is 2.07 bits per heavy atom. The number of nitrogens with zero attached hydrogens (tertiary/aromatic N) is 1. The third-order valence-electron chi connectivity index (χ3n) is 6.32. The zero-order chi connectivity index (χ0) is 21.7. The summed E-state index contributed by atoms with van der Waals surface area (Å²) in [7, 11) is 0. The highest BCUT2D eigenvalue weighted by Gasteiger charge is 2.62. The van der Waals surface area contributed by atoms with E-state index in [2.05, 4.69) is 11.4 Å². The first-order valence-electron chi connectivity index (χ1n) is 11.3. The maximum atomic E-state index is 13.3. The fourth-order valence-electron chi connectivity index (χ4n) is 4.56. The summed E-state index contributed by atoms with van der Waals surface area (Å²) in [5.74, 6) is -1.05. The van der Waals surface area contributed by atoms with Crippen molar-refractivity contribution in [3.63, 3.8) is 0 Å². The molecule has 3 rings (SSSR count). The van der Waals surface area contributed by atoms with Gasteiger partial charge in [-0.3, -0.25) is 9.59 Å². The highest BCUT2D eigenvalue weighted by atomic mass is 16.5. The fraction of sp³-hybridized carbons (Fsp3) is 0.773. The lowest BCUT2D eigenvalue weighted by Gasteiger charge is -2.28. The molecule has 1 unspecified atom stereocenters. The molecule has 1 aliphatic carbocycles. The molecule has 2 fully saturated rings. The molecule has 5 atom stereocenters. The highest BCUT2D eigenvalue weighted by Crippen LogP contribution is 2.46. The van der Waals surface area contributed by atoms with Gasteiger partial charge >= 0.3 is 5.97 Å². The molecule has 0 spiro atoms. The van der Waals surface area contributed by atoms with Crippen LogP contribution in [0.4, 0.5) is 0 Å². The van der Waals surface area contributed by atoms with Crippen LogP contribution in [0.15, 0.2) is 12.2 Å². The number of ether oxygens (including phenoxy) is 2. The number of nitrogens with one attached hydrogen (secondary N) is 1. The van der Waals surface area contributed by atoms with Gasteiger partial charge in [-0.15, -0.1) is 0 Å². The second kappa shape index (κ2) is 9.92. The predicted octanol–water partition coefficient (Wildman–Crippen LogP) is 1.28. The molecule has 168 valence electrons. The molecule has 2 amide bonds. The van der Waals surface area contributed by atoms with Crippen molar-refractivity contribution in [1.29, 1.82) is 0 Å². The summed E-state index contributed by atoms with van der Waals surface area (Å²) in [4.78, 5) is 40.5. The summed E-state index contributed by atoms with van der Waals surface area (Å²) in [6.07, 6.45) is 9.16. The Bertz CT molecular complexity index is 682. The van der Waals surface area contributed by atoms with Crippen molar-refractivity contribution in [3.8, 4) is 0 Å². The van der Waals surface area contributed by atoms with Crippen molar-refractivity contribution in [2.45, 2.75) is 82.5 Å². The van der Waals surface area contributed by atoms with E-state index in [9.17, 15) is 14.4 Å². The van der Waals surface area contributed by atoms with Gasteiger partial charge in [0, 0.05) is 25.5 Å². The fourth-order valence-corrected chi connectivity index (χ4v) is 4.56. The monoisotopic (exact) mass is 421 g/mol. The largest absolute Gasteiger partial charge is 0.464 e. The minimum Gasteiger partial charge on any atom is -0.464 e. The molecule has 1 saturated carbocycles. The van der Waals surface area contributed by atoms with E-state index in [1.54, 1.807) is 11.8 Å². The van der Waals surface area contributed by atoms with Crippen molar-refractivity contribution in [3.05, 3.63) is 12.2 Å². The van der Waals surface area contributed by atoms with Gasteiger partial charge in [0.2, 0.25) is 11.8 Å². The lowest BCUT2D eigenvalue weighted by molar-refractivity contribution is -0.150. The number of carbonyl (C=O) groups excluding carboxylic acids is 3. The van der Waals surface area contributed by atoms with Gasteiger partial charge < -0.3 is 25.4 Å². The molecule has 3 N–H and O–H groups in total. The van der Waals surface area contributed by atoms with Crippen LogP contribution in [-0.4, -0.2) is 66.2 Å². The van der Waals surface area contributed by atoms with Gasteiger partial charge in [-0.2, -0.15) is 0 Å². The van der Waals surface area contributed by atoms with Crippen LogP contribution in [0.25, 0.3) is 0 Å². The topological polar surface area (TPSA) is 111 Å². The summed E-state index contributed by atoms with van der Waals surface area (Å²) in [6, 6.07) is -1.32. The number of fused-ring (bicyclic) bond motifs is 2. The van der Waals surface area contributed by atoms with E-state index in [-0.39, 0.29) is 30.4 Å². The van der Waals surface area contributed by atoms with Crippen LogP contribution in [0.5, 0.6) is 0 Å². The molecule has 0 radical (unpaired) electrons. The lowest BCUT2D eigenvalue weighted by Crippen LogP contribution is -2.55. The summed E-state index contributed by atoms with van der Waals surface area (Å²) < 4.78 is 11.0. The zero-order valence-electron chi connectivity index (χ0n) is 18.1. The summed E-state index contributed by atoms with van der Waals surface area (Å²) >= 11 is 0. The summed E-state index contributed by atoms with van der Waals surface area (Å²) in [6.45, 7) is 4.74. The quantitative estimate of drug-likeness (QED) is 0.523. The first-order valence-corrected chi connectivity index (χ1v) is 11.3. The molecule has 3 aliphatic rings. The van der Waals surface area contributed by atoms with Crippen molar-refractivity contribution in [1.82, 2.24) is 10.2 Å². The number of hydrogen-bond donors (Lipinski definition) is 2. The van der Waals surface area contributed by atoms with E-state index in [4.69, 9.17) is 15.2 Å². The molecule has 1 saturated heterocycles. The highest BCUT2D eigenvalue weighted by molar-refractivity contribution is 5.96. The smallest absolute Gasteiger partial charge is 0.332 e. The molecule has 8 nitrogen and oxygen atoms in total. The average Bonchev–Trinajstić information content (AvgIpc) is 3.24. The van der Waals surface area contributed by atoms with E-state index in [0.717, 1.165) is 25.7 Å². The number of rotatable bonds is 4. The Hall–Kier alpha value is -1.93. The lowest BCUT2D eigenvalue weighted by atomic mass is 10.1. The van der Waals surface area contributed by atoms with E-state index in [1.165, 1.54) is 0 Å². The Morgan fingerprint density at radius 3 is 2.80 bits per heavy atom. The molecule has 0 aromatic heterocycles. The second-order valence-corrected chi connectivity index (χ2v) is 8.48. The van der Waals surface area contributed by atoms with Gasteiger partial charge in [-0.25, -0.2) is 4.79 Å². The number of amides is 2. The SMILES string of the molecule is CCOC(=O)[C@@]12CC1/C=C\CCCCC[C@H](N)C(=O)N1C[C@H](OCC)C[C@H]1C(=O)N2. The first-order chi connectivity index (χ1) is 14.4. The van der Waals surface area contributed by atoms with Crippen molar-refractivity contribution < 1.29 is 23.9 Å².